The summed E-state index contributed by atoms with van der Waals surface area (Å²) >= 11 is 0. The van der Waals surface area contributed by atoms with Crippen LogP contribution in [-0.4, -0.2) is 45.4 Å². The highest BCUT2D eigenvalue weighted by Crippen LogP contribution is 2.20. The predicted octanol–water partition coefficient (Wildman–Crippen LogP) is 2.61. The lowest BCUT2D eigenvalue weighted by Crippen LogP contribution is -2.41. The van der Waals surface area contributed by atoms with Gasteiger partial charge in [-0.2, -0.15) is 0 Å². The van der Waals surface area contributed by atoms with Crippen molar-refractivity contribution in [3.05, 3.63) is 35.9 Å². The number of rotatable bonds is 7. The molecular weight excluding hydrogens is 449 g/mol. The normalized spacial score (nSPS) is 15.7. The molecule has 0 aliphatic heterocycles. The van der Waals surface area contributed by atoms with Crippen LogP contribution in [0.5, 0.6) is 0 Å². The van der Waals surface area contributed by atoms with Crippen molar-refractivity contribution in [1.29, 1.82) is 0 Å². The molecule has 0 fully saturated rings. The molecule has 1 aromatic rings. The molecule has 2 unspecified atom stereocenters. The first kappa shape index (κ1) is 24.3. The lowest BCUT2D eigenvalue weighted by molar-refractivity contribution is 0.0672. The Kier molecular flexibility index (Phi) is 10.8. The highest BCUT2D eigenvalue weighted by molar-refractivity contribution is 14.0. The molecule has 0 heterocycles. The van der Waals surface area contributed by atoms with E-state index in [1.165, 1.54) is 0 Å². The van der Waals surface area contributed by atoms with Gasteiger partial charge in [0.15, 0.2) is 5.96 Å². The quantitative estimate of drug-likeness (QED) is 0.318. The molecule has 1 rings (SSSR count). The van der Waals surface area contributed by atoms with Crippen molar-refractivity contribution in [2.75, 3.05) is 25.4 Å². The van der Waals surface area contributed by atoms with Gasteiger partial charge in [-0.05, 0) is 40.2 Å². The summed E-state index contributed by atoms with van der Waals surface area (Å²) in [5.41, 5.74) is -0.198. The summed E-state index contributed by atoms with van der Waals surface area (Å²) in [6, 6.07) is 9.51. The Morgan fingerprint density at radius 3 is 2.28 bits per heavy atom. The van der Waals surface area contributed by atoms with Crippen molar-refractivity contribution < 1.29 is 9.32 Å². The van der Waals surface area contributed by atoms with E-state index in [4.69, 9.17) is 0 Å². The second-order valence-electron chi connectivity index (χ2n) is 6.92. The molecule has 1 aromatic carbocycles. The van der Waals surface area contributed by atoms with Crippen molar-refractivity contribution in [2.45, 2.75) is 45.0 Å². The van der Waals surface area contributed by atoms with Gasteiger partial charge in [-0.15, -0.1) is 24.0 Å². The molecule has 2 atom stereocenters. The molecule has 3 N–H and O–H groups in total. The summed E-state index contributed by atoms with van der Waals surface area (Å²) in [7, 11) is -0.903. The zero-order valence-electron chi connectivity index (χ0n) is 15.8. The van der Waals surface area contributed by atoms with E-state index in [-0.39, 0.29) is 35.3 Å². The maximum absolute atomic E-state index is 12.1. The lowest BCUT2D eigenvalue weighted by Gasteiger charge is -2.23. The fourth-order valence-electron chi connectivity index (χ4n) is 2.03. The Morgan fingerprint density at radius 2 is 1.76 bits per heavy atom. The number of guanidine groups is 1. The minimum atomic E-state index is -1.03. The average molecular weight is 481 g/mol. The Labute approximate surface area is 171 Å². The lowest BCUT2D eigenvalue weighted by atomic mass is 9.96. The van der Waals surface area contributed by atoms with Gasteiger partial charge in [0, 0.05) is 34.4 Å². The zero-order chi connectivity index (χ0) is 18.2. The third kappa shape index (κ3) is 9.01. The maximum Gasteiger partial charge on any atom is 0.191 e. The Hall–Kier alpha value is -0.670. The number of benzene rings is 1. The van der Waals surface area contributed by atoms with Crippen LogP contribution < -0.4 is 10.6 Å². The van der Waals surface area contributed by atoms with E-state index in [0.717, 1.165) is 12.1 Å². The molecule has 0 spiro atoms. The van der Waals surface area contributed by atoms with Gasteiger partial charge in [-0.25, -0.2) is 4.99 Å². The van der Waals surface area contributed by atoms with Gasteiger partial charge in [-0.1, -0.05) is 30.3 Å². The summed E-state index contributed by atoms with van der Waals surface area (Å²) in [5.74, 6) is 1.18. The predicted molar refractivity (Wildman–Crippen MR) is 118 cm³/mol. The first-order valence-electron chi connectivity index (χ1n) is 8.35. The number of nitrogens with zero attached hydrogens (tertiary/aromatic N) is 1. The van der Waals surface area contributed by atoms with Crippen LogP contribution >= 0.6 is 24.0 Å². The molecule has 5 nitrogen and oxygen atoms in total. The molecule has 0 saturated carbocycles. The Morgan fingerprint density at radius 1 is 1.16 bits per heavy atom. The molecule has 0 bridgehead atoms. The number of aliphatic hydroxyl groups is 1. The van der Waals surface area contributed by atoms with Crippen LogP contribution in [0.25, 0.3) is 0 Å². The Balaban J connectivity index is 0.00000576. The number of hydrogen-bond acceptors (Lipinski definition) is 3. The number of aliphatic imine (C=N–C) groups is 1. The van der Waals surface area contributed by atoms with Crippen molar-refractivity contribution in [1.82, 2.24) is 10.6 Å². The highest BCUT2D eigenvalue weighted by atomic mass is 127. The minimum absolute atomic E-state index is 0. The first-order chi connectivity index (χ1) is 11.2. The number of halogens is 1. The van der Waals surface area contributed by atoms with Crippen LogP contribution in [0.15, 0.2) is 35.3 Å². The molecular formula is C18H32IN3O2S. The third-order valence-electron chi connectivity index (χ3n) is 3.55. The van der Waals surface area contributed by atoms with E-state index in [0.29, 0.717) is 18.3 Å². The largest absolute Gasteiger partial charge is 0.384 e. The minimum Gasteiger partial charge on any atom is -0.384 e. The fourth-order valence-corrected chi connectivity index (χ4v) is 2.93. The first-order valence-corrected chi connectivity index (χ1v) is 9.67. The number of nitrogens with one attached hydrogen (secondary N) is 2. The maximum atomic E-state index is 12.1. The summed E-state index contributed by atoms with van der Waals surface area (Å²) in [6.07, 6.45) is 0. The highest BCUT2D eigenvalue weighted by Gasteiger charge is 2.22. The van der Waals surface area contributed by atoms with Gasteiger partial charge >= 0.3 is 0 Å². The molecule has 0 aliphatic carbocycles. The molecule has 0 amide bonds. The van der Waals surface area contributed by atoms with Gasteiger partial charge in [0.05, 0.1) is 6.54 Å². The Bertz CT molecular complexity index is 557. The third-order valence-corrected chi connectivity index (χ3v) is 5.49. The second-order valence-corrected chi connectivity index (χ2v) is 9.25. The molecule has 25 heavy (non-hydrogen) atoms. The average Bonchev–Trinajstić information content (AvgIpc) is 2.52. The second kappa shape index (κ2) is 11.1. The topological polar surface area (TPSA) is 73.7 Å². The molecule has 144 valence electrons. The van der Waals surface area contributed by atoms with Crippen LogP contribution in [0.1, 0.15) is 40.2 Å². The van der Waals surface area contributed by atoms with Gasteiger partial charge in [0.2, 0.25) is 0 Å². The van der Waals surface area contributed by atoms with Crippen molar-refractivity contribution >= 4 is 40.7 Å². The van der Waals surface area contributed by atoms with Crippen LogP contribution in [0, 0.1) is 0 Å². The van der Waals surface area contributed by atoms with Gasteiger partial charge in [0.25, 0.3) is 0 Å². The summed E-state index contributed by atoms with van der Waals surface area (Å²) < 4.78 is 11.9. The monoisotopic (exact) mass is 481 g/mol. The van der Waals surface area contributed by atoms with Crippen LogP contribution in [0.2, 0.25) is 0 Å². The summed E-state index contributed by atoms with van der Waals surface area (Å²) in [5, 5.41) is 16.9. The fraction of sp³-hybridized carbons (Fsp3) is 0.611. The van der Waals surface area contributed by atoms with E-state index in [1.54, 1.807) is 6.92 Å². The van der Waals surface area contributed by atoms with Gasteiger partial charge in [0.1, 0.15) is 5.60 Å². The molecule has 0 aliphatic rings. The van der Waals surface area contributed by atoms with E-state index in [1.807, 2.05) is 58.0 Å². The molecule has 0 aromatic heterocycles. The molecule has 0 radical (unpaired) electrons. The summed E-state index contributed by atoms with van der Waals surface area (Å²) in [6.45, 7) is 11.2. The van der Waals surface area contributed by atoms with Crippen LogP contribution in [0.4, 0.5) is 0 Å². The zero-order valence-corrected chi connectivity index (χ0v) is 19.0. The van der Waals surface area contributed by atoms with Crippen molar-refractivity contribution in [3.8, 4) is 0 Å². The van der Waals surface area contributed by atoms with E-state index in [2.05, 4.69) is 15.6 Å². The molecule has 0 saturated heterocycles. The smallest absolute Gasteiger partial charge is 0.191 e. The van der Waals surface area contributed by atoms with Crippen molar-refractivity contribution in [2.24, 2.45) is 4.99 Å². The van der Waals surface area contributed by atoms with Crippen molar-refractivity contribution in [3.63, 3.8) is 0 Å². The van der Waals surface area contributed by atoms with E-state index >= 15 is 0 Å². The van der Waals surface area contributed by atoms with E-state index in [9.17, 15) is 9.32 Å². The number of hydrogen-bond donors (Lipinski definition) is 3. The molecule has 7 heteroatoms. The van der Waals surface area contributed by atoms with Gasteiger partial charge in [-0.3, -0.25) is 4.21 Å². The standard InChI is InChI=1S/C18H31N3O2S.HI/c1-6-19-16(20-12-13-24(23)17(2,3)4)21-14-18(5,22)15-10-8-7-9-11-15;/h7-11,22H,6,12-14H2,1-5H3,(H2,19,20,21);1H. The summed E-state index contributed by atoms with van der Waals surface area (Å²) in [4.78, 5) is 4.47. The van der Waals surface area contributed by atoms with Gasteiger partial charge < -0.3 is 15.7 Å². The van der Waals surface area contributed by atoms with E-state index < -0.39 is 16.4 Å². The SMILES string of the molecule is CCNC(=NCC(C)(O)c1ccccc1)NCCS(=O)C(C)(C)C.I. The van der Waals surface area contributed by atoms with Crippen LogP contribution in [-0.2, 0) is 16.4 Å². The van der Waals surface area contributed by atoms with Crippen LogP contribution in [0.3, 0.4) is 0 Å².